The molecule has 7 heteroatoms. The first-order valence-electron chi connectivity index (χ1n) is 6.74. The summed E-state index contributed by atoms with van der Waals surface area (Å²) in [6, 6.07) is 7.66. The fraction of sp³-hybridized carbons (Fsp3) is 0.286. The van der Waals surface area contributed by atoms with Crippen molar-refractivity contribution in [3.8, 4) is 0 Å². The van der Waals surface area contributed by atoms with Gasteiger partial charge in [-0.2, -0.15) is 0 Å². The summed E-state index contributed by atoms with van der Waals surface area (Å²) in [5, 5.41) is 8.93. The molecule has 2 heterocycles. The maximum absolute atomic E-state index is 5.97. The van der Waals surface area contributed by atoms with Gasteiger partial charge < -0.3 is 10.5 Å². The van der Waals surface area contributed by atoms with Crippen molar-refractivity contribution < 1.29 is 4.74 Å². The summed E-state index contributed by atoms with van der Waals surface area (Å²) in [5.74, 6) is 1.09. The zero-order valence-corrected chi connectivity index (χ0v) is 11.7. The van der Waals surface area contributed by atoms with Gasteiger partial charge in [0.1, 0.15) is 18.1 Å². The van der Waals surface area contributed by atoms with E-state index in [1.807, 2.05) is 37.4 Å². The second-order valence-electron chi connectivity index (χ2n) is 4.59. The SMILES string of the molecule is CCOCc1cn(Cc2nc(N)c3ccccc3n2)nn1. The van der Waals surface area contributed by atoms with Crippen LogP contribution < -0.4 is 5.73 Å². The Morgan fingerprint density at radius 1 is 1.24 bits per heavy atom. The van der Waals surface area contributed by atoms with Crippen LogP contribution in [-0.2, 0) is 17.9 Å². The van der Waals surface area contributed by atoms with Crippen LogP contribution in [0.1, 0.15) is 18.4 Å². The molecule has 0 amide bonds. The molecular weight excluding hydrogens is 268 g/mol. The lowest BCUT2D eigenvalue weighted by atomic mass is 10.2. The molecule has 2 N–H and O–H groups in total. The lowest BCUT2D eigenvalue weighted by molar-refractivity contribution is 0.131. The number of para-hydroxylation sites is 1. The molecule has 1 aromatic carbocycles. The molecule has 0 bridgehead atoms. The third kappa shape index (κ3) is 2.97. The van der Waals surface area contributed by atoms with Gasteiger partial charge in [-0.3, -0.25) is 0 Å². The molecule has 3 rings (SSSR count). The van der Waals surface area contributed by atoms with Crippen molar-refractivity contribution in [1.82, 2.24) is 25.0 Å². The minimum Gasteiger partial charge on any atom is -0.383 e. The number of aromatic nitrogens is 5. The Hall–Kier alpha value is -2.54. The first-order valence-corrected chi connectivity index (χ1v) is 6.74. The smallest absolute Gasteiger partial charge is 0.152 e. The van der Waals surface area contributed by atoms with Crippen LogP contribution in [0.25, 0.3) is 10.9 Å². The van der Waals surface area contributed by atoms with Crippen molar-refractivity contribution in [2.75, 3.05) is 12.3 Å². The van der Waals surface area contributed by atoms with Gasteiger partial charge in [-0.15, -0.1) is 5.10 Å². The third-order valence-corrected chi connectivity index (χ3v) is 3.02. The lowest BCUT2D eigenvalue weighted by Crippen LogP contribution is -2.07. The maximum Gasteiger partial charge on any atom is 0.152 e. The van der Waals surface area contributed by atoms with E-state index in [4.69, 9.17) is 10.5 Å². The first-order chi connectivity index (χ1) is 10.3. The molecule has 0 radical (unpaired) electrons. The Morgan fingerprint density at radius 2 is 2.10 bits per heavy atom. The minimum absolute atomic E-state index is 0.425. The van der Waals surface area contributed by atoms with E-state index in [2.05, 4.69) is 20.3 Å². The Morgan fingerprint density at radius 3 is 2.95 bits per heavy atom. The van der Waals surface area contributed by atoms with Crippen LogP contribution in [-0.4, -0.2) is 31.6 Å². The summed E-state index contributed by atoms with van der Waals surface area (Å²) in [7, 11) is 0. The molecule has 0 atom stereocenters. The van der Waals surface area contributed by atoms with Gasteiger partial charge in [0, 0.05) is 12.0 Å². The van der Waals surface area contributed by atoms with E-state index in [-0.39, 0.29) is 0 Å². The third-order valence-electron chi connectivity index (χ3n) is 3.02. The van der Waals surface area contributed by atoms with Crippen molar-refractivity contribution >= 4 is 16.7 Å². The van der Waals surface area contributed by atoms with Crippen LogP contribution in [0.15, 0.2) is 30.5 Å². The van der Waals surface area contributed by atoms with E-state index >= 15 is 0 Å². The molecule has 2 aromatic heterocycles. The molecule has 0 fully saturated rings. The number of nitrogens with two attached hydrogens (primary N) is 1. The normalized spacial score (nSPS) is 11.1. The van der Waals surface area contributed by atoms with Gasteiger partial charge in [0.05, 0.1) is 18.3 Å². The zero-order valence-electron chi connectivity index (χ0n) is 11.7. The predicted molar refractivity (Wildman–Crippen MR) is 78.4 cm³/mol. The number of ether oxygens (including phenoxy) is 1. The van der Waals surface area contributed by atoms with E-state index in [1.165, 1.54) is 0 Å². The van der Waals surface area contributed by atoms with E-state index < -0.39 is 0 Å². The molecule has 108 valence electrons. The molecule has 21 heavy (non-hydrogen) atoms. The van der Waals surface area contributed by atoms with Gasteiger partial charge in [0.15, 0.2) is 5.82 Å². The van der Waals surface area contributed by atoms with Crippen LogP contribution in [0.5, 0.6) is 0 Å². The molecule has 0 saturated heterocycles. The lowest BCUT2D eigenvalue weighted by Gasteiger charge is -2.04. The highest BCUT2D eigenvalue weighted by molar-refractivity contribution is 5.87. The average Bonchev–Trinajstić information content (AvgIpc) is 2.92. The van der Waals surface area contributed by atoms with Gasteiger partial charge in [-0.25, -0.2) is 14.6 Å². The number of nitrogens with zero attached hydrogens (tertiary/aromatic N) is 5. The number of benzene rings is 1. The van der Waals surface area contributed by atoms with Crippen LogP contribution >= 0.6 is 0 Å². The summed E-state index contributed by atoms with van der Waals surface area (Å²) in [4.78, 5) is 8.81. The Labute approximate surface area is 121 Å². The van der Waals surface area contributed by atoms with Gasteiger partial charge in [-0.05, 0) is 19.1 Å². The average molecular weight is 284 g/mol. The summed E-state index contributed by atoms with van der Waals surface area (Å²) in [5.41, 5.74) is 7.58. The predicted octanol–water partition coefficient (Wildman–Crippen LogP) is 1.39. The quantitative estimate of drug-likeness (QED) is 0.761. The Bertz CT molecular complexity index is 754. The Kier molecular flexibility index (Phi) is 3.74. The molecular formula is C14H16N6O. The van der Waals surface area contributed by atoms with Crippen molar-refractivity contribution in [2.45, 2.75) is 20.1 Å². The standard InChI is InChI=1S/C14H16N6O/c1-2-21-9-10-7-20(19-18-10)8-13-16-12-6-4-3-5-11(12)14(15)17-13/h3-7H,2,8-9H2,1H3,(H2,15,16,17). The van der Waals surface area contributed by atoms with Crippen molar-refractivity contribution in [3.63, 3.8) is 0 Å². The number of anilines is 1. The zero-order chi connectivity index (χ0) is 14.7. The van der Waals surface area contributed by atoms with Gasteiger partial charge in [0.2, 0.25) is 0 Å². The highest BCUT2D eigenvalue weighted by atomic mass is 16.5. The molecule has 0 spiro atoms. The first kappa shape index (κ1) is 13.4. The van der Waals surface area contributed by atoms with Crippen LogP contribution in [0, 0.1) is 0 Å². The molecule has 0 unspecified atom stereocenters. The molecule has 3 aromatic rings. The van der Waals surface area contributed by atoms with E-state index in [1.54, 1.807) is 4.68 Å². The second kappa shape index (κ2) is 5.84. The van der Waals surface area contributed by atoms with Crippen LogP contribution in [0.2, 0.25) is 0 Å². The van der Waals surface area contributed by atoms with E-state index in [9.17, 15) is 0 Å². The number of nitrogen functional groups attached to an aromatic ring is 1. The topological polar surface area (TPSA) is 91.7 Å². The second-order valence-corrected chi connectivity index (χ2v) is 4.59. The molecule has 0 aliphatic heterocycles. The number of fused-ring (bicyclic) bond motifs is 1. The summed E-state index contributed by atoms with van der Waals surface area (Å²) in [6.07, 6.45) is 1.82. The maximum atomic E-state index is 5.97. The van der Waals surface area contributed by atoms with Crippen molar-refractivity contribution in [1.29, 1.82) is 0 Å². The highest BCUT2D eigenvalue weighted by Crippen LogP contribution is 2.17. The minimum atomic E-state index is 0.425. The molecule has 0 aliphatic carbocycles. The van der Waals surface area contributed by atoms with Crippen LogP contribution in [0.3, 0.4) is 0 Å². The monoisotopic (exact) mass is 284 g/mol. The Balaban J connectivity index is 1.83. The number of hydrogen-bond donors (Lipinski definition) is 1. The van der Waals surface area contributed by atoms with Gasteiger partial charge in [-0.1, -0.05) is 17.3 Å². The number of rotatable bonds is 5. The fourth-order valence-electron chi connectivity index (χ4n) is 2.06. The summed E-state index contributed by atoms with van der Waals surface area (Å²) < 4.78 is 6.97. The van der Waals surface area contributed by atoms with Crippen molar-refractivity contribution in [3.05, 3.63) is 42.0 Å². The number of hydrogen-bond acceptors (Lipinski definition) is 6. The molecule has 0 aliphatic rings. The molecule has 7 nitrogen and oxygen atoms in total. The van der Waals surface area contributed by atoms with Crippen LogP contribution in [0.4, 0.5) is 5.82 Å². The largest absolute Gasteiger partial charge is 0.383 e. The van der Waals surface area contributed by atoms with E-state index in [0.29, 0.717) is 31.4 Å². The van der Waals surface area contributed by atoms with Gasteiger partial charge >= 0.3 is 0 Å². The summed E-state index contributed by atoms with van der Waals surface area (Å²) >= 11 is 0. The fourth-order valence-corrected chi connectivity index (χ4v) is 2.06. The highest BCUT2D eigenvalue weighted by Gasteiger charge is 2.07. The van der Waals surface area contributed by atoms with Gasteiger partial charge in [0.25, 0.3) is 0 Å². The summed E-state index contributed by atoms with van der Waals surface area (Å²) in [6.45, 7) is 3.47. The van der Waals surface area contributed by atoms with E-state index in [0.717, 1.165) is 16.6 Å². The molecule has 0 saturated carbocycles. The van der Waals surface area contributed by atoms with Crippen molar-refractivity contribution in [2.24, 2.45) is 0 Å².